The summed E-state index contributed by atoms with van der Waals surface area (Å²) in [7, 11) is 0. The predicted molar refractivity (Wildman–Crippen MR) is 82.0 cm³/mol. The highest BCUT2D eigenvalue weighted by Crippen LogP contribution is 2.38. The Balaban J connectivity index is 1.57. The van der Waals surface area contributed by atoms with Crippen molar-refractivity contribution in [3.05, 3.63) is 22.2 Å². The summed E-state index contributed by atoms with van der Waals surface area (Å²) in [5.41, 5.74) is 1.16. The molecule has 1 aromatic rings. The molecule has 0 amide bonds. The maximum Gasteiger partial charge on any atom is 0.175 e. The average Bonchev–Trinajstić information content (AvgIpc) is 2.74. The fraction of sp³-hybridized carbons (Fsp3) is 0.600. The summed E-state index contributed by atoms with van der Waals surface area (Å²) < 4.78 is 23.4. The highest BCUT2D eigenvalue weighted by atomic mass is 79.9. The van der Waals surface area contributed by atoms with E-state index < -0.39 is 0 Å². The van der Waals surface area contributed by atoms with Crippen molar-refractivity contribution < 1.29 is 18.9 Å². The van der Waals surface area contributed by atoms with E-state index in [2.05, 4.69) is 27.3 Å². The highest BCUT2D eigenvalue weighted by Gasteiger charge is 2.16. The lowest BCUT2D eigenvalue weighted by atomic mass is 10.2. The Morgan fingerprint density at radius 1 is 1.14 bits per heavy atom. The zero-order valence-electron chi connectivity index (χ0n) is 11.9. The van der Waals surface area contributed by atoms with E-state index in [1.54, 1.807) is 0 Å². The van der Waals surface area contributed by atoms with Crippen LogP contribution in [0.2, 0.25) is 0 Å². The maximum atomic E-state index is 5.74. The molecule has 6 heteroatoms. The molecular formula is C15H20BrNO4. The summed E-state index contributed by atoms with van der Waals surface area (Å²) in [6.07, 6.45) is 1.05. The van der Waals surface area contributed by atoms with Crippen LogP contribution in [0.5, 0.6) is 11.5 Å². The van der Waals surface area contributed by atoms with E-state index in [9.17, 15) is 0 Å². The minimum atomic E-state index is 0.141. The summed E-state index contributed by atoms with van der Waals surface area (Å²) in [4.78, 5) is 0. The second-order valence-electron chi connectivity index (χ2n) is 5.15. The molecule has 2 heterocycles. The molecular weight excluding hydrogens is 338 g/mol. The van der Waals surface area contributed by atoms with E-state index >= 15 is 0 Å². The molecule has 0 spiro atoms. The number of nitrogens with one attached hydrogen (secondary N) is 1. The number of hydrogen-bond acceptors (Lipinski definition) is 5. The van der Waals surface area contributed by atoms with Crippen molar-refractivity contribution in [3.8, 4) is 11.5 Å². The topological polar surface area (TPSA) is 49.0 Å². The van der Waals surface area contributed by atoms with Crippen molar-refractivity contribution in [2.75, 3.05) is 39.6 Å². The van der Waals surface area contributed by atoms with Gasteiger partial charge in [0.25, 0.3) is 0 Å². The smallest absolute Gasteiger partial charge is 0.175 e. The van der Waals surface area contributed by atoms with Crippen molar-refractivity contribution in [2.24, 2.45) is 0 Å². The van der Waals surface area contributed by atoms with Crippen LogP contribution < -0.4 is 14.8 Å². The second-order valence-corrected chi connectivity index (χ2v) is 6.01. The molecule has 1 unspecified atom stereocenters. The van der Waals surface area contributed by atoms with Crippen LogP contribution in [-0.4, -0.2) is 45.7 Å². The van der Waals surface area contributed by atoms with E-state index in [0.29, 0.717) is 33.0 Å². The van der Waals surface area contributed by atoms with Gasteiger partial charge in [0.1, 0.15) is 0 Å². The SMILES string of the molecule is Brc1cc(CNCC2COCCO2)cc2c1OCCCO2. The van der Waals surface area contributed by atoms with Gasteiger partial charge in [0.15, 0.2) is 11.5 Å². The van der Waals surface area contributed by atoms with Gasteiger partial charge in [-0.25, -0.2) is 0 Å². The van der Waals surface area contributed by atoms with Gasteiger partial charge in [-0.3, -0.25) is 0 Å². The first kappa shape index (κ1) is 15.1. The van der Waals surface area contributed by atoms with Gasteiger partial charge in [-0.2, -0.15) is 0 Å². The van der Waals surface area contributed by atoms with Crippen LogP contribution in [0.3, 0.4) is 0 Å². The lowest BCUT2D eigenvalue weighted by Crippen LogP contribution is -2.37. The summed E-state index contributed by atoms with van der Waals surface area (Å²) in [5.74, 6) is 1.62. The molecule has 0 aliphatic carbocycles. The number of hydrogen-bond donors (Lipinski definition) is 1. The van der Waals surface area contributed by atoms with Gasteiger partial charge in [0, 0.05) is 19.5 Å². The molecule has 1 fully saturated rings. The van der Waals surface area contributed by atoms with Gasteiger partial charge in [-0.05, 0) is 33.6 Å². The normalized spacial score (nSPS) is 21.9. The van der Waals surface area contributed by atoms with Crippen LogP contribution in [-0.2, 0) is 16.0 Å². The third-order valence-electron chi connectivity index (χ3n) is 3.45. The monoisotopic (exact) mass is 357 g/mol. The third kappa shape index (κ3) is 4.10. The molecule has 1 aromatic carbocycles. The quantitative estimate of drug-likeness (QED) is 0.894. The minimum Gasteiger partial charge on any atom is -0.490 e. The lowest BCUT2D eigenvalue weighted by Gasteiger charge is -2.23. The van der Waals surface area contributed by atoms with Crippen molar-refractivity contribution in [1.29, 1.82) is 0 Å². The zero-order valence-corrected chi connectivity index (χ0v) is 13.5. The molecule has 21 heavy (non-hydrogen) atoms. The number of benzene rings is 1. The molecule has 0 bridgehead atoms. The van der Waals surface area contributed by atoms with Gasteiger partial charge >= 0.3 is 0 Å². The second kappa shape index (κ2) is 7.45. The summed E-state index contributed by atoms with van der Waals surface area (Å²) in [6, 6.07) is 4.11. The summed E-state index contributed by atoms with van der Waals surface area (Å²) in [5, 5.41) is 3.40. The van der Waals surface area contributed by atoms with Crippen LogP contribution in [0.25, 0.3) is 0 Å². The Kier molecular flexibility index (Phi) is 5.35. The van der Waals surface area contributed by atoms with Gasteiger partial charge in [0.2, 0.25) is 0 Å². The predicted octanol–water partition coefficient (Wildman–Crippen LogP) is 2.12. The Hall–Kier alpha value is -0.820. The first-order valence-corrected chi connectivity index (χ1v) is 8.10. The summed E-state index contributed by atoms with van der Waals surface area (Å²) >= 11 is 3.56. The fourth-order valence-corrected chi connectivity index (χ4v) is 3.02. The lowest BCUT2D eigenvalue weighted by molar-refractivity contribution is -0.0864. The van der Waals surface area contributed by atoms with E-state index in [0.717, 1.165) is 41.0 Å². The van der Waals surface area contributed by atoms with Crippen molar-refractivity contribution in [1.82, 2.24) is 5.32 Å². The van der Waals surface area contributed by atoms with Gasteiger partial charge in [-0.15, -0.1) is 0 Å². The standard InChI is InChI=1S/C15H20BrNO4/c16-13-6-11(7-14-15(13)21-3-1-2-20-14)8-17-9-12-10-18-4-5-19-12/h6-7,12,17H,1-5,8-10H2. The number of rotatable bonds is 4. The van der Waals surface area contributed by atoms with Crippen LogP contribution in [0, 0.1) is 0 Å². The Morgan fingerprint density at radius 2 is 2.05 bits per heavy atom. The van der Waals surface area contributed by atoms with E-state index in [1.807, 2.05) is 6.07 Å². The molecule has 2 aliphatic rings. The van der Waals surface area contributed by atoms with E-state index in [4.69, 9.17) is 18.9 Å². The molecule has 0 saturated carbocycles. The average molecular weight is 358 g/mol. The van der Waals surface area contributed by atoms with Gasteiger partial charge in [-0.1, -0.05) is 0 Å². The highest BCUT2D eigenvalue weighted by molar-refractivity contribution is 9.10. The van der Waals surface area contributed by atoms with E-state index in [-0.39, 0.29) is 6.10 Å². The number of halogens is 1. The van der Waals surface area contributed by atoms with Crippen LogP contribution in [0.15, 0.2) is 16.6 Å². The summed E-state index contributed by atoms with van der Waals surface area (Å²) in [6.45, 7) is 4.98. The molecule has 1 saturated heterocycles. The molecule has 1 N–H and O–H groups in total. The van der Waals surface area contributed by atoms with E-state index in [1.165, 1.54) is 0 Å². The third-order valence-corrected chi connectivity index (χ3v) is 4.04. The molecule has 5 nitrogen and oxygen atoms in total. The maximum absolute atomic E-state index is 5.74. The zero-order chi connectivity index (χ0) is 14.5. The van der Waals surface area contributed by atoms with Crippen LogP contribution in [0.4, 0.5) is 0 Å². The molecule has 1 atom stereocenters. The van der Waals surface area contributed by atoms with Crippen molar-refractivity contribution >= 4 is 15.9 Å². The number of fused-ring (bicyclic) bond motifs is 1. The van der Waals surface area contributed by atoms with Crippen LogP contribution >= 0.6 is 15.9 Å². The molecule has 2 aliphatic heterocycles. The molecule has 116 valence electrons. The number of ether oxygens (including phenoxy) is 4. The first-order valence-electron chi connectivity index (χ1n) is 7.31. The Morgan fingerprint density at radius 3 is 2.90 bits per heavy atom. The van der Waals surface area contributed by atoms with Gasteiger partial charge in [0.05, 0.1) is 43.6 Å². The molecule has 3 rings (SSSR count). The minimum absolute atomic E-state index is 0.141. The Labute approximate surface area is 133 Å². The van der Waals surface area contributed by atoms with Crippen molar-refractivity contribution in [2.45, 2.75) is 19.1 Å². The first-order chi connectivity index (χ1) is 10.3. The Bertz CT molecular complexity index is 477. The van der Waals surface area contributed by atoms with Crippen LogP contribution in [0.1, 0.15) is 12.0 Å². The van der Waals surface area contributed by atoms with Crippen molar-refractivity contribution in [3.63, 3.8) is 0 Å². The molecule has 0 radical (unpaired) electrons. The molecule has 0 aromatic heterocycles. The van der Waals surface area contributed by atoms with Gasteiger partial charge < -0.3 is 24.3 Å². The largest absolute Gasteiger partial charge is 0.490 e. The fourth-order valence-electron chi connectivity index (χ4n) is 2.42.